The van der Waals surface area contributed by atoms with Gasteiger partial charge in [-0.25, -0.2) is 4.98 Å². The van der Waals surface area contributed by atoms with Gasteiger partial charge in [0, 0.05) is 17.8 Å². The molecule has 0 amide bonds. The van der Waals surface area contributed by atoms with Crippen molar-refractivity contribution >= 4 is 0 Å². The van der Waals surface area contributed by atoms with Gasteiger partial charge in [-0.1, -0.05) is 38.1 Å². The van der Waals surface area contributed by atoms with Crippen LogP contribution in [0.1, 0.15) is 43.3 Å². The third-order valence-corrected chi connectivity index (χ3v) is 4.13. The van der Waals surface area contributed by atoms with Crippen LogP contribution in [0.4, 0.5) is 0 Å². The van der Waals surface area contributed by atoms with E-state index >= 15 is 0 Å². The Hall–Kier alpha value is -1.61. The van der Waals surface area contributed by atoms with Crippen LogP contribution in [0, 0.1) is 0 Å². The molecule has 1 aliphatic heterocycles. The summed E-state index contributed by atoms with van der Waals surface area (Å²) in [5, 5.41) is 3.22. The first kappa shape index (κ1) is 13.4. The number of hydrogen-bond acceptors (Lipinski definition) is 2. The molecule has 2 aromatic rings. The van der Waals surface area contributed by atoms with Crippen LogP contribution >= 0.6 is 0 Å². The largest absolute Gasteiger partial charge is 0.330 e. The molecule has 0 saturated carbocycles. The van der Waals surface area contributed by atoms with Gasteiger partial charge in [0.1, 0.15) is 5.82 Å². The quantitative estimate of drug-likeness (QED) is 0.922. The zero-order valence-electron chi connectivity index (χ0n) is 12.6. The highest BCUT2D eigenvalue weighted by Gasteiger charge is 2.21. The molecule has 0 saturated heterocycles. The Morgan fingerprint density at radius 1 is 1.25 bits per heavy atom. The van der Waals surface area contributed by atoms with Crippen molar-refractivity contribution in [3.05, 3.63) is 41.3 Å². The maximum Gasteiger partial charge on any atom is 0.123 e. The lowest BCUT2D eigenvalue weighted by Gasteiger charge is -2.06. The maximum absolute atomic E-state index is 4.87. The Balaban J connectivity index is 1.99. The summed E-state index contributed by atoms with van der Waals surface area (Å²) in [4.78, 5) is 4.87. The minimum absolute atomic E-state index is 0.580. The first-order chi connectivity index (χ1) is 9.70. The summed E-state index contributed by atoms with van der Waals surface area (Å²) in [7, 11) is 1.98. The molecule has 3 nitrogen and oxygen atoms in total. The molecule has 0 bridgehead atoms. The maximum atomic E-state index is 4.87. The minimum Gasteiger partial charge on any atom is -0.330 e. The number of rotatable bonds is 4. The summed E-state index contributed by atoms with van der Waals surface area (Å²) in [6.45, 7) is 6.42. The van der Waals surface area contributed by atoms with Crippen molar-refractivity contribution in [2.24, 2.45) is 0 Å². The van der Waals surface area contributed by atoms with Gasteiger partial charge in [0.05, 0.1) is 12.2 Å². The number of imidazole rings is 1. The Bertz CT molecular complexity index is 593. The molecule has 1 aromatic heterocycles. The highest BCUT2D eigenvalue weighted by molar-refractivity contribution is 5.63. The van der Waals surface area contributed by atoms with Crippen molar-refractivity contribution in [3.63, 3.8) is 0 Å². The number of benzene rings is 1. The molecule has 20 heavy (non-hydrogen) atoms. The second-order valence-electron chi connectivity index (χ2n) is 5.89. The van der Waals surface area contributed by atoms with Crippen LogP contribution in [-0.4, -0.2) is 16.6 Å². The third kappa shape index (κ3) is 2.27. The Morgan fingerprint density at radius 2 is 2.00 bits per heavy atom. The van der Waals surface area contributed by atoms with Gasteiger partial charge in [-0.15, -0.1) is 0 Å². The Labute approximate surface area is 121 Å². The molecule has 3 heteroatoms. The van der Waals surface area contributed by atoms with Crippen LogP contribution in [0.2, 0.25) is 0 Å². The van der Waals surface area contributed by atoms with E-state index in [1.54, 1.807) is 0 Å². The molecule has 0 fully saturated rings. The summed E-state index contributed by atoms with van der Waals surface area (Å²) in [6.07, 6.45) is 2.39. The van der Waals surface area contributed by atoms with Crippen molar-refractivity contribution < 1.29 is 0 Å². The first-order valence-electron chi connectivity index (χ1n) is 7.54. The Morgan fingerprint density at radius 3 is 2.65 bits per heavy atom. The smallest absolute Gasteiger partial charge is 0.123 e. The lowest BCUT2D eigenvalue weighted by molar-refractivity contribution is 0.653. The number of fused-ring (bicyclic) bond motifs is 1. The van der Waals surface area contributed by atoms with Gasteiger partial charge in [0.25, 0.3) is 0 Å². The van der Waals surface area contributed by atoms with Gasteiger partial charge in [-0.3, -0.25) is 0 Å². The number of aromatic nitrogens is 2. The van der Waals surface area contributed by atoms with Gasteiger partial charge in [-0.2, -0.15) is 0 Å². The Kier molecular flexibility index (Phi) is 3.62. The average molecular weight is 269 g/mol. The molecule has 0 aliphatic carbocycles. The van der Waals surface area contributed by atoms with E-state index in [0.29, 0.717) is 5.92 Å². The van der Waals surface area contributed by atoms with E-state index < -0.39 is 0 Å². The van der Waals surface area contributed by atoms with E-state index in [-0.39, 0.29) is 0 Å². The summed E-state index contributed by atoms with van der Waals surface area (Å²) < 4.78 is 2.39. The van der Waals surface area contributed by atoms with Crippen LogP contribution in [-0.2, 0) is 19.5 Å². The fraction of sp³-hybridized carbons (Fsp3) is 0.471. The standard InChI is InChI=1S/C17H23N3/c1-12(2)13-6-8-14(9-7-13)17-15-5-4-10-20(15)16(19-17)11-18-3/h6-9,12,18H,4-5,10-11H2,1-3H3. The zero-order valence-corrected chi connectivity index (χ0v) is 12.6. The van der Waals surface area contributed by atoms with Crippen LogP contribution in [0.5, 0.6) is 0 Å². The fourth-order valence-electron chi connectivity index (χ4n) is 3.01. The molecule has 1 N–H and O–H groups in total. The van der Waals surface area contributed by atoms with E-state index in [4.69, 9.17) is 4.98 Å². The number of hydrogen-bond donors (Lipinski definition) is 1. The molecule has 0 unspecified atom stereocenters. The van der Waals surface area contributed by atoms with Crippen molar-refractivity contribution in [2.75, 3.05) is 7.05 Å². The van der Waals surface area contributed by atoms with E-state index in [9.17, 15) is 0 Å². The van der Waals surface area contributed by atoms with Crippen LogP contribution in [0.25, 0.3) is 11.3 Å². The molecule has 106 valence electrons. The SMILES string of the molecule is CNCc1nc(-c2ccc(C(C)C)cc2)c2n1CCC2. The topological polar surface area (TPSA) is 29.9 Å². The van der Waals surface area contributed by atoms with E-state index in [1.165, 1.54) is 34.8 Å². The monoisotopic (exact) mass is 269 g/mol. The minimum atomic E-state index is 0.580. The molecule has 3 rings (SSSR count). The fourth-order valence-corrected chi connectivity index (χ4v) is 3.01. The van der Waals surface area contributed by atoms with Gasteiger partial charge in [0.15, 0.2) is 0 Å². The summed E-state index contributed by atoms with van der Waals surface area (Å²) in [5.41, 5.74) is 5.23. The molecule has 0 atom stereocenters. The lowest BCUT2D eigenvalue weighted by atomic mass is 10.00. The van der Waals surface area contributed by atoms with E-state index in [1.807, 2.05) is 7.05 Å². The van der Waals surface area contributed by atoms with Gasteiger partial charge >= 0.3 is 0 Å². The van der Waals surface area contributed by atoms with E-state index in [0.717, 1.165) is 19.5 Å². The van der Waals surface area contributed by atoms with Gasteiger partial charge in [0.2, 0.25) is 0 Å². The van der Waals surface area contributed by atoms with E-state index in [2.05, 4.69) is 48.0 Å². The van der Waals surface area contributed by atoms with Crippen molar-refractivity contribution in [1.82, 2.24) is 14.9 Å². The summed E-state index contributed by atoms with van der Waals surface area (Å²) in [6, 6.07) is 8.91. The molecule has 1 aliphatic rings. The second-order valence-corrected chi connectivity index (χ2v) is 5.89. The molecule has 1 aromatic carbocycles. The number of nitrogens with one attached hydrogen (secondary N) is 1. The van der Waals surface area contributed by atoms with Crippen LogP contribution in [0.3, 0.4) is 0 Å². The number of nitrogens with zero attached hydrogens (tertiary/aromatic N) is 2. The zero-order chi connectivity index (χ0) is 14.1. The highest BCUT2D eigenvalue weighted by Crippen LogP contribution is 2.30. The molecule has 0 radical (unpaired) electrons. The summed E-state index contributed by atoms with van der Waals surface area (Å²) >= 11 is 0. The van der Waals surface area contributed by atoms with Crippen molar-refractivity contribution in [2.45, 2.75) is 45.7 Å². The van der Waals surface area contributed by atoms with Crippen LogP contribution < -0.4 is 5.32 Å². The molecule has 0 spiro atoms. The summed E-state index contributed by atoms with van der Waals surface area (Å²) in [5.74, 6) is 1.75. The predicted molar refractivity (Wildman–Crippen MR) is 82.8 cm³/mol. The van der Waals surface area contributed by atoms with Crippen molar-refractivity contribution in [1.29, 1.82) is 0 Å². The average Bonchev–Trinajstić information content (AvgIpc) is 3.03. The highest BCUT2D eigenvalue weighted by atomic mass is 15.1. The van der Waals surface area contributed by atoms with Gasteiger partial charge in [-0.05, 0) is 31.4 Å². The molecular formula is C17H23N3. The molecule has 2 heterocycles. The normalized spacial score (nSPS) is 14.0. The molecular weight excluding hydrogens is 246 g/mol. The van der Waals surface area contributed by atoms with Gasteiger partial charge < -0.3 is 9.88 Å². The second kappa shape index (κ2) is 5.41. The van der Waals surface area contributed by atoms with Crippen molar-refractivity contribution in [3.8, 4) is 11.3 Å². The predicted octanol–water partition coefficient (Wildman–Crippen LogP) is 3.34. The first-order valence-corrected chi connectivity index (χ1v) is 7.54. The lowest BCUT2D eigenvalue weighted by Crippen LogP contribution is -2.11. The van der Waals surface area contributed by atoms with Crippen LogP contribution in [0.15, 0.2) is 24.3 Å². The third-order valence-electron chi connectivity index (χ3n) is 4.13.